The molecule has 5 nitrogen and oxygen atoms in total. The molecule has 0 atom stereocenters. The van der Waals surface area contributed by atoms with Gasteiger partial charge in [-0.15, -0.1) is 0 Å². The predicted octanol–water partition coefficient (Wildman–Crippen LogP) is 1.19. The van der Waals surface area contributed by atoms with Crippen molar-refractivity contribution in [1.82, 2.24) is 0 Å². The Hall–Kier alpha value is -1.88. The van der Waals surface area contributed by atoms with E-state index in [9.17, 15) is 9.59 Å². The summed E-state index contributed by atoms with van der Waals surface area (Å²) in [7, 11) is 0. The van der Waals surface area contributed by atoms with E-state index in [1.165, 1.54) is 0 Å². The average Bonchev–Trinajstić information content (AvgIpc) is 2.38. The molecule has 0 unspecified atom stereocenters. The summed E-state index contributed by atoms with van der Waals surface area (Å²) in [6.07, 6.45) is 0.508. The molecule has 5 heteroatoms. The van der Waals surface area contributed by atoms with Crippen LogP contribution < -0.4 is 11.1 Å². The van der Waals surface area contributed by atoms with Crippen LogP contribution in [0.5, 0.6) is 0 Å². The van der Waals surface area contributed by atoms with Crippen molar-refractivity contribution in [3.63, 3.8) is 0 Å². The fourth-order valence-electron chi connectivity index (χ4n) is 1.42. The highest BCUT2D eigenvalue weighted by molar-refractivity contribution is 5.96. The summed E-state index contributed by atoms with van der Waals surface area (Å²) >= 11 is 0. The van der Waals surface area contributed by atoms with Crippen molar-refractivity contribution >= 4 is 17.4 Å². The molecule has 0 spiro atoms. The molecule has 98 valence electrons. The number of ketones is 1. The van der Waals surface area contributed by atoms with Gasteiger partial charge in [-0.2, -0.15) is 0 Å². The molecular weight excluding hydrogens is 232 g/mol. The van der Waals surface area contributed by atoms with Crippen molar-refractivity contribution < 1.29 is 14.3 Å². The molecule has 1 amide bonds. The highest BCUT2D eigenvalue weighted by atomic mass is 16.5. The summed E-state index contributed by atoms with van der Waals surface area (Å²) in [5, 5.41) is 3.11. The summed E-state index contributed by atoms with van der Waals surface area (Å²) < 4.78 is 5.00. The monoisotopic (exact) mass is 250 g/mol. The van der Waals surface area contributed by atoms with E-state index >= 15 is 0 Å². The Balaban J connectivity index is 2.31. The van der Waals surface area contributed by atoms with Gasteiger partial charge in [0.05, 0.1) is 6.61 Å². The molecule has 0 saturated heterocycles. The standard InChI is InChI=1S/C13H18N2O3/c1-2-12(16)10-3-5-11(6-4-10)15-7-8-18-9-13(14)17/h3-6,15H,2,7-9H2,1H3,(H2,14,17). The van der Waals surface area contributed by atoms with E-state index in [2.05, 4.69) is 5.32 Å². The first-order valence-electron chi connectivity index (χ1n) is 5.86. The third-order valence-electron chi connectivity index (χ3n) is 2.35. The van der Waals surface area contributed by atoms with Crippen LogP contribution in [0.2, 0.25) is 0 Å². The molecule has 1 rings (SSSR count). The summed E-state index contributed by atoms with van der Waals surface area (Å²) in [6, 6.07) is 7.27. The topological polar surface area (TPSA) is 81.4 Å². The highest BCUT2D eigenvalue weighted by Gasteiger charge is 2.02. The molecule has 0 heterocycles. The van der Waals surface area contributed by atoms with Gasteiger partial charge in [0.25, 0.3) is 0 Å². The van der Waals surface area contributed by atoms with E-state index in [0.717, 1.165) is 5.69 Å². The molecule has 3 N–H and O–H groups in total. The van der Waals surface area contributed by atoms with Gasteiger partial charge >= 0.3 is 0 Å². The van der Waals surface area contributed by atoms with Gasteiger partial charge in [-0.05, 0) is 24.3 Å². The minimum Gasteiger partial charge on any atom is -0.383 e. The lowest BCUT2D eigenvalue weighted by molar-refractivity contribution is -0.122. The normalized spacial score (nSPS) is 10.1. The summed E-state index contributed by atoms with van der Waals surface area (Å²) in [6.45, 7) is 2.75. The SMILES string of the molecule is CCC(=O)c1ccc(NCCOCC(N)=O)cc1. The van der Waals surface area contributed by atoms with Crippen molar-refractivity contribution in [2.45, 2.75) is 13.3 Å². The summed E-state index contributed by atoms with van der Waals surface area (Å²) in [5.41, 5.74) is 6.55. The van der Waals surface area contributed by atoms with Crippen LogP contribution in [0.1, 0.15) is 23.7 Å². The van der Waals surface area contributed by atoms with E-state index in [4.69, 9.17) is 10.5 Å². The number of carbonyl (C=O) groups is 2. The number of primary amides is 1. The van der Waals surface area contributed by atoms with Crippen LogP contribution in [-0.2, 0) is 9.53 Å². The zero-order chi connectivity index (χ0) is 13.4. The van der Waals surface area contributed by atoms with Crippen LogP contribution in [-0.4, -0.2) is 31.4 Å². The Kier molecular flexibility index (Phi) is 5.87. The Morgan fingerprint density at radius 3 is 2.50 bits per heavy atom. The second-order valence-electron chi connectivity index (χ2n) is 3.80. The van der Waals surface area contributed by atoms with Crippen molar-refractivity contribution in [3.05, 3.63) is 29.8 Å². The fourth-order valence-corrected chi connectivity index (χ4v) is 1.42. The Bertz CT molecular complexity index is 401. The van der Waals surface area contributed by atoms with Gasteiger partial charge < -0.3 is 15.8 Å². The minimum atomic E-state index is -0.475. The van der Waals surface area contributed by atoms with Crippen LogP contribution in [0, 0.1) is 0 Å². The molecule has 0 aliphatic heterocycles. The Labute approximate surface area is 106 Å². The number of nitrogens with one attached hydrogen (secondary N) is 1. The van der Waals surface area contributed by atoms with E-state index in [1.54, 1.807) is 12.1 Å². The van der Waals surface area contributed by atoms with Crippen molar-refractivity contribution in [2.24, 2.45) is 5.73 Å². The molecule has 0 aliphatic rings. The number of anilines is 1. The van der Waals surface area contributed by atoms with Gasteiger partial charge in [0.15, 0.2) is 5.78 Å². The van der Waals surface area contributed by atoms with Gasteiger partial charge in [-0.1, -0.05) is 6.92 Å². The molecule has 0 radical (unpaired) electrons. The molecule has 0 aliphatic carbocycles. The van der Waals surface area contributed by atoms with Crippen molar-refractivity contribution in [3.8, 4) is 0 Å². The summed E-state index contributed by atoms with van der Waals surface area (Å²) in [5.74, 6) is -0.344. The molecule has 0 saturated carbocycles. The Morgan fingerprint density at radius 1 is 1.28 bits per heavy atom. The lowest BCUT2D eigenvalue weighted by Crippen LogP contribution is -2.20. The van der Waals surface area contributed by atoms with E-state index in [-0.39, 0.29) is 12.4 Å². The number of Topliss-reactive ketones (excluding diaryl/α,β-unsaturated/α-hetero) is 1. The maximum Gasteiger partial charge on any atom is 0.243 e. The largest absolute Gasteiger partial charge is 0.383 e. The fraction of sp³-hybridized carbons (Fsp3) is 0.385. The molecule has 18 heavy (non-hydrogen) atoms. The van der Waals surface area contributed by atoms with Crippen LogP contribution in [0.4, 0.5) is 5.69 Å². The first-order chi connectivity index (χ1) is 8.63. The number of amides is 1. The van der Waals surface area contributed by atoms with Gasteiger partial charge in [-0.25, -0.2) is 0 Å². The van der Waals surface area contributed by atoms with Gasteiger partial charge in [-0.3, -0.25) is 9.59 Å². The van der Waals surface area contributed by atoms with E-state index < -0.39 is 5.91 Å². The van der Waals surface area contributed by atoms with Crippen LogP contribution in [0.25, 0.3) is 0 Å². The number of hydrogen-bond acceptors (Lipinski definition) is 4. The number of hydrogen-bond donors (Lipinski definition) is 2. The lowest BCUT2D eigenvalue weighted by atomic mass is 10.1. The van der Waals surface area contributed by atoms with Gasteiger partial charge in [0.1, 0.15) is 6.61 Å². The first-order valence-corrected chi connectivity index (χ1v) is 5.86. The van der Waals surface area contributed by atoms with Gasteiger partial charge in [0.2, 0.25) is 5.91 Å². The molecule has 0 aromatic heterocycles. The lowest BCUT2D eigenvalue weighted by Gasteiger charge is -2.07. The molecule has 0 fully saturated rings. The van der Waals surface area contributed by atoms with Crippen LogP contribution in [0.15, 0.2) is 24.3 Å². The maximum atomic E-state index is 11.4. The summed E-state index contributed by atoms with van der Waals surface area (Å²) in [4.78, 5) is 21.8. The van der Waals surface area contributed by atoms with Gasteiger partial charge in [0, 0.05) is 24.2 Å². The zero-order valence-electron chi connectivity index (χ0n) is 10.4. The van der Waals surface area contributed by atoms with Crippen molar-refractivity contribution in [1.29, 1.82) is 0 Å². The first kappa shape index (κ1) is 14.2. The van der Waals surface area contributed by atoms with E-state index in [1.807, 2.05) is 19.1 Å². The van der Waals surface area contributed by atoms with Crippen LogP contribution in [0.3, 0.4) is 0 Å². The number of nitrogens with two attached hydrogens (primary N) is 1. The maximum absolute atomic E-state index is 11.4. The second kappa shape index (κ2) is 7.45. The average molecular weight is 250 g/mol. The number of ether oxygens (including phenoxy) is 1. The highest BCUT2D eigenvalue weighted by Crippen LogP contribution is 2.10. The zero-order valence-corrected chi connectivity index (χ0v) is 10.4. The van der Waals surface area contributed by atoms with Crippen LogP contribution >= 0.6 is 0 Å². The second-order valence-corrected chi connectivity index (χ2v) is 3.80. The molecule has 0 bridgehead atoms. The van der Waals surface area contributed by atoms with Crippen molar-refractivity contribution in [2.75, 3.05) is 25.1 Å². The third-order valence-corrected chi connectivity index (χ3v) is 2.35. The molecule has 1 aromatic rings. The quantitative estimate of drug-likeness (QED) is 0.536. The third kappa shape index (κ3) is 4.97. The Morgan fingerprint density at radius 2 is 1.94 bits per heavy atom. The minimum absolute atomic E-state index is 0.0639. The smallest absolute Gasteiger partial charge is 0.243 e. The molecular formula is C13H18N2O3. The van der Waals surface area contributed by atoms with E-state index in [0.29, 0.717) is 25.1 Å². The molecule has 1 aromatic carbocycles. The predicted molar refractivity (Wildman–Crippen MR) is 69.6 cm³/mol. The number of carbonyl (C=O) groups excluding carboxylic acids is 2. The number of rotatable bonds is 8. The number of benzene rings is 1.